The third kappa shape index (κ3) is 5.12. The van der Waals surface area contributed by atoms with Crippen molar-refractivity contribution in [1.82, 2.24) is 10.2 Å². The topological polar surface area (TPSA) is 15.3 Å². The second-order valence-electron chi connectivity index (χ2n) is 6.39. The van der Waals surface area contributed by atoms with Gasteiger partial charge in [-0.25, -0.2) is 0 Å². The highest BCUT2D eigenvalue weighted by Gasteiger charge is 2.24. The van der Waals surface area contributed by atoms with Crippen LogP contribution in [0.15, 0.2) is 30.3 Å². The SMILES string of the molecule is CSC(C)(C)CN1CCCNC(Cc2ccccc2)C1. The van der Waals surface area contributed by atoms with Gasteiger partial charge in [-0.2, -0.15) is 11.8 Å². The van der Waals surface area contributed by atoms with Crippen LogP contribution in [0.25, 0.3) is 0 Å². The summed E-state index contributed by atoms with van der Waals surface area (Å²) in [6, 6.07) is 11.4. The molecule has 1 N–H and O–H groups in total. The molecule has 0 aromatic heterocycles. The summed E-state index contributed by atoms with van der Waals surface area (Å²) in [7, 11) is 0. The number of nitrogens with zero attached hydrogens (tertiary/aromatic N) is 1. The summed E-state index contributed by atoms with van der Waals surface area (Å²) < 4.78 is 0.349. The van der Waals surface area contributed by atoms with E-state index in [0.29, 0.717) is 10.8 Å². The summed E-state index contributed by atoms with van der Waals surface area (Å²) in [5.74, 6) is 0. The summed E-state index contributed by atoms with van der Waals surface area (Å²) in [6.45, 7) is 9.42. The summed E-state index contributed by atoms with van der Waals surface area (Å²) in [5, 5.41) is 3.72. The highest BCUT2D eigenvalue weighted by atomic mass is 32.2. The van der Waals surface area contributed by atoms with Crippen molar-refractivity contribution in [3.63, 3.8) is 0 Å². The summed E-state index contributed by atoms with van der Waals surface area (Å²) in [4.78, 5) is 2.64. The maximum atomic E-state index is 3.72. The van der Waals surface area contributed by atoms with Gasteiger partial charge < -0.3 is 10.2 Å². The quantitative estimate of drug-likeness (QED) is 0.898. The van der Waals surface area contributed by atoms with Crippen molar-refractivity contribution in [3.05, 3.63) is 35.9 Å². The van der Waals surface area contributed by atoms with Gasteiger partial charge in [0, 0.05) is 23.9 Å². The van der Waals surface area contributed by atoms with Gasteiger partial charge in [0.25, 0.3) is 0 Å². The van der Waals surface area contributed by atoms with Gasteiger partial charge in [0.05, 0.1) is 0 Å². The molecule has 1 aromatic rings. The fraction of sp³-hybridized carbons (Fsp3) is 0.647. The van der Waals surface area contributed by atoms with E-state index >= 15 is 0 Å². The minimum atomic E-state index is 0.349. The summed E-state index contributed by atoms with van der Waals surface area (Å²) >= 11 is 1.97. The second kappa shape index (κ2) is 7.48. The van der Waals surface area contributed by atoms with E-state index in [2.05, 4.69) is 60.7 Å². The summed E-state index contributed by atoms with van der Waals surface area (Å²) in [5.41, 5.74) is 1.44. The van der Waals surface area contributed by atoms with Gasteiger partial charge in [-0.15, -0.1) is 0 Å². The first-order valence-corrected chi connectivity index (χ1v) is 8.86. The number of benzene rings is 1. The highest BCUT2D eigenvalue weighted by molar-refractivity contribution is 7.99. The fourth-order valence-electron chi connectivity index (χ4n) is 2.86. The van der Waals surface area contributed by atoms with Gasteiger partial charge in [0.1, 0.15) is 0 Å². The minimum Gasteiger partial charge on any atom is -0.312 e. The molecule has 2 nitrogen and oxygen atoms in total. The van der Waals surface area contributed by atoms with Crippen LogP contribution in [0.5, 0.6) is 0 Å². The molecule has 0 spiro atoms. The molecule has 112 valence electrons. The largest absolute Gasteiger partial charge is 0.312 e. The molecule has 0 amide bonds. The van der Waals surface area contributed by atoms with E-state index in [0.717, 1.165) is 13.0 Å². The van der Waals surface area contributed by atoms with Crippen LogP contribution in [0, 0.1) is 0 Å². The Balaban J connectivity index is 1.93. The molecule has 1 saturated heterocycles. The lowest BCUT2D eigenvalue weighted by molar-refractivity contribution is 0.250. The predicted molar refractivity (Wildman–Crippen MR) is 90.6 cm³/mol. The van der Waals surface area contributed by atoms with E-state index in [-0.39, 0.29) is 0 Å². The maximum Gasteiger partial charge on any atom is 0.0235 e. The van der Waals surface area contributed by atoms with E-state index in [1.54, 1.807) is 0 Å². The zero-order valence-corrected chi connectivity index (χ0v) is 13.9. The van der Waals surface area contributed by atoms with Crippen LogP contribution in [-0.2, 0) is 6.42 Å². The van der Waals surface area contributed by atoms with Gasteiger partial charge in [0.2, 0.25) is 0 Å². The minimum absolute atomic E-state index is 0.349. The molecular formula is C17H28N2S. The third-order valence-electron chi connectivity index (χ3n) is 4.04. The molecule has 0 saturated carbocycles. The van der Waals surface area contributed by atoms with Gasteiger partial charge in [0.15, 0.2) is 0 Å². The van der Waals surface area contributed by atoms with Gasteiger partial charge in [-0.1, -0.05) is 30.3 Å². The molecule has 1 atom stereocenters. The third-order valence-corrected chi connectivity index (χ3v) is 5.28. The standard InChI is InChI=1S/C17H28N2S/c1-17(2,20-3)14-19-11-7-10-18-16(13-19)12-15-8-5-4-6-9-15/h4-6,8-9,16,18H,7,10-14H2,1-3H3. The van der Waals surface area contributed by atoms with Crippen molar-refractivity contribution in [1.29, 1.82) is 0 Å². The maximum absolute atomic E-state index is 3.72. The fourth-order valence-corrected chi connectivity index (χ4v) is 3.17. The summed E-state index contributed by atoms with van der Waals surface area (Å²) in [6.07, 6.45) is 4.62. The van der Waals surface area contributed by atoms with Crippen molar-refractivity contribution in [2.24, 2.45) is 0 Å². The molecule has 1 heterocycles. The number of rotatable bonds is 5. The predicted octanol–water partition coefficient (Wildman–Crippen LogP) is 3.03. The molecule has 1 fully saturated rings. The van der Waals surface area contributed by atoms with Crippen LogP contribution in [0.4, 0.5) is 0 Å². The van der Waals surface area contributed by atoms with E-state index in [4.69, 9.17) is 0 Å². The van der Waals surface area contributed by atoms with E-state index < -0.39 is 0 Å². The first-order chi connectivity index (χ1) is 9.59. The lowest BCUT2D eigenvalue weighted by atomic mass is 10.1. The molecule has 0 bridgehead atoms. The average molecular weight is 292 g/mol. The normalized spacial score (nSPS) is 21.6. The molecule has 20 heavy (non-hydrogen) atoms. The van der Waals surface area contributed by atoms with Gasteiger partial charge >= 0.3 is 0 Å². The molecule has 1 aromatic carbocycles. The zero-order valence-electron chi connectivity index (χ0n) is 13.1. The lowest BCUT2D eigenvalue weighted by Gasteiger charge is -2.32. The molecule has 0 aliphatic carbocycles. The van der Waals surface area contributed by atoms with Crippen molar-refractivity contribution in [2.75, 3.05) is 32.4 Å². The number of hydrogen-bond acceptors (Lipinski definition) is 3. The molecule has 1 aliphatic rings. The monoisotopic (exact) mass is 292 g/mol. The second-order valence-corrected chi connectivity index (χ2v) is 7.91. The first kappa shape index (κ1) is 15.9. The highest BCUT2D eigenvalue weighted by Crippen LogP contribution is 2.23. The Labute approximate surface area is 128 Å². The van der Waals surface area contributed by atoms with Gasteiger partial charge in [-0.3, -0.25) is 0 Å². The van der Waals surface area contributed by atoms with Crippen LogP contribution >= 0.6 is 11.8 Å². The van der Waals surface area contributed by atoms with Crippen LogP contribution in [0.1, 0.15) is 25.8 Å². The number of hydrogen-bond donors (Lipinski definition) is 1. The zero-order chi connectivity index (χ0) is 14.4. The Bertz CT molecular complexity index is 391. The smallest absolute Gasteiger partial charge is 0.0235 e. The molecule has 0 radical (unpaired) electrons. The Morgan fingerprint density at radius 2 is 2.05 bits per heavy atom. The molecule has 2 rings (SSSR count). The Kier molecular flexibility index (Phi) is 5.94. The molecule has 3 heteroatoms. The van der Waals surface area contributed by atoms with Crippen molar-refractivity contribution in [2.45, 2.75) is 37.5 Å². The van der Waals surface area contributed by atoms with Crippen LogP contribution in [0.2, 0.25) is 0 Å². The Morgan fingerprint density at radius 3 is 2.75 bits per heavy atom. The molecular weight excluding hydrogens is 264 g/mol. The van der Waals surface area contributed by atoms with Crippen molar-refractivity contribution < 1.29 is 0 Å². The van der Waals surface area contributed by atoms with E-state index in [1.165, 1.54) is 31.6 Å². The van der Waals surface area contributed by atoms with Crippen LogP contribution in [-0.4, -0.2) is 48.1 Å². The first-order valence-electron chi connectivity index (χ1n) is 7.64. The number of thioether (sulfide) groups is 1. The molecule has 1 unspecified atom stereocenters. The number of nitrogens with one attached hydrogen (secondary N) is 1. The Morgan fingerprint density at radius 1 is 1.30 bits per heavy atom. The average Bonchev–Trinajstić information content (AvgIpc) is 2.64. The van der Waals surface area contributed by atoms with Gasteiger partial charge in [-0.05, 0) is 51.6 Å². The van der Waals surface area contributed by atoms with Crippen LogP contribution < -0.4 is 5.32 Å². The van der Waals surface area contributed by atoms with Crippen molar-refractivity contribution in [3.8, 4) is 0 Å². The Hall–Kier alpha value is -0.510. The van der Waals surface area contributed by atoms with E-state index in [9.17, 15) is 0 Å². The lowest BCUT2D eigenvalue weighted by Crippen LogP contribution is -2.43. The van der Waals surface area contributed by atoms with Crippen molar-refractivity contribution >= 4 is 11.8 Å². The molecule has 1 aliphatic heterocycles. The van der Waals surface area contributed by atoms with E-state index in [1.807, 2.05) is 11.8 Å². The van der Waals surface area contributed by atoms with Crippen LogP contribution in [0.3, 0.4) is 0 Å².